The van der Waals surface area contributed by atoms with Crippen LogP contribution >= 0.6 is 0 Å². The Bertz CT molecular complexity index is 916. The van der Waals surface area contributed by atoms with E-state index in [0.717, 1.165) is 12.1 Å². The Morgan fingerprint density at radius 2 is 1.50 bits per heavy atom. The smallest absolute Gasteiger partial charge is 0.295 e. The molecule has 0 saturated carbocycles. The highest BCUT2D eigenvalue weighted by atomic mass is 32.2. The number of hydrogen-bond acceptors (Lipinski definition) is 6. The highest BCUT2D eigenvalue weighted by Crippen LogP contribution is 2.35. The quantitative estimate of drug-likeness (QED) is 0.463. The molecule has 8 nitrogen and oxygen atoms in total. The largest absolute Gasteiger partial charge is 0.507 e. The fourth-order valence-electron chi connectivity index (χ4n) is 1.80. The molecule has 5 N–H and O–H groups in total. The predicted octanol–water partition coefficient (Wildman–Crippen LogP) is 0.621. The third-order valence-corrected chi connectivity index (χ3v) is 4.27. The van der Waals surface area contributed by atoms with Gasteiger partial charge in [0.05, 0.1) is 4.90 Å². The average Bonchev–Trinajstić information content (AvgIpc) is 2.24. The number of nitrogens with two attached hydrogens (primary N) is 1. The van der Waals surface area contributed by atoms with Crippen molar-refractivity contribution in [3.8, 4) is 5.75 Å². The van der Waals surface area contributed by atoms with Crippen molar-refractivity contribution in [2.75, 3.05) is 5.73 Å². The molecule has 0 bridgehead atoms. The molecule has 2 aromatic carbocycles. The Morgan fingerprint density at radius 3 is 2.00 bits per heavy atom. The third-order valence-electron chi connectivity index (χ3n) is 2.56. The number of benzene rings is 2. The van der Waals surface area contributed by atoms with Gasteiger partial charge in [-0.05, 0) is 23.6 Å². The summed E-state index contributed by atoms with van der Waals surface area (Å²) in [4.78, 5) is -1.29. The number of aromatic hydroxyl groups is 1. The van der Waals surface area contributed by atoms with Gasteiger partial charge in [-0.2, -0.15) is 16.8 Å². The van der Waals surface area contributed by atoms with Crippen molar-refractivity contribution in [3.63, 3.8) is 0 Å². The number of nitrogen functional groups attached to an aromatic ring is 1. The number of fused-ring (bicyclic) bond motifs is 1. The average molecular weight is 319 g/mol. The van der Waals surface area contributed by atoms with E-state index in [-0.39, 0.29) is 16.5 Å². The van der Waals surface area contributed by atoms with E-state index in [1.807, 2.05) is 0 Å². The first-order valence-corrected chi connectivity index (χ1v) is 7.89. The maximum atomic E-state index is 11.3. The lowest BCUT2D eigenvalue weighted by atomic mass is 10.1. The zero-order valence-corrected chi connectivity index (χ0v) is 11.3. The van der Waals surface area contributed by atoms with Gasteiger partial charge in [0.25, 0.3) is 20.2 Å². The van der Waals surface area contributed by atoms with E-state index in [1.165, 1.54) is 6.07 Å². The van der Waals surface area contributed by atoms with Crippen molar-refractivity contribution < 1.29 is 31.0 Å². The number of rotatable bonds is 2. The van der Waals surface area contributed by atoms with Crippen molar-refractivity contribution in [1.82, 2.24) is 0 Å². The summed E-state index contributed by atoms with van der Waals surface area (Å²) in [5.74, 6) is -0.734. The van der Waals surface area contributed by atoms with Gasteiger partial charge in [-0.1, -0.05) is 0 Å². The molecular weight excluding hydrogens is 310 g/mol. The molecule has 20 heavy (non-hydrogen) atoms. The SMILES string of the molecule is Nc1cc(S(=O)(=O)O)c2c(O)cc(S(=O)(=O)O)cc2c1. The first-order chi connectivity index (χ1) is 9.00. The summed E-state index contributed by atoms with van der Waals surface area (Å²) in [5.41, 5.74) is 5.39. The van der Waals surface area contributed by atoms with Crippen molar-refractivity contribution in [3.05, 3.63) is 24.3 Å². The summed E-state index contributed by atoms with van der Waals surface area (Å²) in [6.07, 6.45) is 0. The minimum absolute atomic E-state index is 0.0646. The summed E-state index contributed by atoms with van der Waals surface area (Å²) in [5, 5.41) is 9.40. The van der Waals surface area contributed by atoms with Gasteiger partial charge in [0.1, 0.15) is 10.6 Å². The van der Waals surface area contributed by atoms with Crippen LogP contribution in [0.25, 0.3) is 10.8 Å². The van der Waals surface area contributed by atoms with Gasteiger partial charge in [0, 0.05) is 17.1 Å². The summed E-state index contributed by atoms with van der Waals surface area (Å²) in [6, 6.07) is 3.71. The second-order valence-electron chi connectivity index (χ2n) is 4.01. The lowest BCUT2D eigenvalue weighted by molar-refractivity contribution is 0.468. The summed E-state index contributed by atoms with van der Waals surface area (Å²) < 4.78 is 62.6. The standard InChI is InChI=1S/C10H9NO7S2/c11-6-1-5-2-7(19(13,14)15)4-8(12)10(5)9(3-6)20(16,17)18/h1-4,12H,11H2,(H,13,14,15)(H,16,17,18). The van der Waals surface area contributed by atoms with E-state index >= 15 is 0 Å². The molecular formula is C10H9NO7S2. The first kappa shape index (κ1) is 14.5. The molecule has 2 aromatic rings. The van der Waals surface area contributed by atoms with E-state index in [1.54, 1.807) is 0 Å². The molecule has 0 fully saturated rings. The molecule has 0 radical (unpaired) electrons. The van der Waals surface area contributed by atoms with E-state index in [0.29, 0.717) is 6.07 Å². The van der Waals surface area contributed by atoms with Gasteiger partial charge in [-0.15, -0.1) is 0 Å². The fourth-order valence-corrected chi connectivity index (χ4v) is 3.10. The van der Waals surface area contributed by atoms with Crippen LogP contribution in [0.2, 0.25) is 0 Å². The monoisotopic (exact) mass is 319 g/mol. The molecule has 0 saturated heterocycles. The molecule has 108 valence electrons. The molecule has 0 aliphatic heterocycles. The summed E-state index contributed by atoms with van der Waals surface area (Å²) >= 11 is 0. The van der Waals surface area contributed by atoms with Crippen LogP contribution < -0.4 is 5.73 Å². The van der Waals surface area contributed by atoms with Crippen LogP contribution in [-0.2, 0) is 20.2 Å². The molecule has 0 heterocycles. The molecule has 2 rings (SSSR count). The van der Waals surface area contributed by atoms with Crippen LogP contribution in [0.15, 0.2) is 34.1 Å². The molecule has 0 spiro atoms. The number of hydrogen-bond donors (Lipinski definition) is 4. The maximum Gasteiger partial charge on any atom is 0.295 e. The molecule has 0 aliphatic carbocycles. The minimum Gasteiger partial charge on any atom is -0.507 e. The van der Waals surface area contributed by atoms with Gasteiger partial charge in [-0.25, -0.2) is 0 Å². The van der Waals surface area contributed by atoms with Crippen molar-refractivity contribution in [2.24, 2.45) is 0 Å². The Morgan fingerprint density at radius 1 is 0.900 bits per heavy atom. The van der Waals surface area contributed by atoms with E-state index < -0.39 is 35.8 Å². The zero-order chi connectivity index (χ0) is 15.3. The molecule has 0 atom stereocenters. The second-order valence-corrected chi connectivity index (χ2v) is 6.82. The van der Waals surface area contributed by atoms with Gasteiger partial charge in [-0.3, -0.25) is 9.11 Å². The number of anilines is 1. The predicted molar refractivity (Wildman–Crippen MR) is 69.7 cm³/mol. The first-order valence-electron chi connectivity index (χ1n) is 5.01. The molecule has 0 amide bonds. The molecule has 0 aliphatic rings. The molecule has 0 aromatic heterocycles. The Labute approximate surface area is 114 Å². The number of phenols is 1. The highest BCUT2D eigenvalue weighted by molar-refractivity contribution is 7.86. The molecule has 10 heteroatoms. The third kappa shape index (κ3) is 2.54. The lowest BCUT2D eigenvalue weighted by Crippen LogP contribution is -2.03. The van der Waals surface area contributed by atoms with Crippen LogP contribution in [0.4, 0.5) is 5.69 Å². The van der Waals surface area contributed by atoms with Crippen molar-refractivity contribution in [1.29, 1.82) is 0 Å². The molecule has 0 unspecified atom stereocenters. The minimum atomic E-state index is -4.67. The Kier molecular flexibility index (Phi) is 3.13. The van der Waals surface area contributed by atoms with Gasteiger partial charge in [0.15, 0.2) is 0 Å². The van der Waals surface area contributed by atoms with Crippen LogP contribution in [0.5, 0.6) is 5.75 Å². The van der Waals surface area contributed by atoms with Gasteiger partial charge in [0.2, 0.25) is 0 Å². The normalized spacial score (nSPS) is 12.7. The Balaban J connectivity index is 3.03. The topological polar surface area (TPSA) is 155 Å². The maximum absolute atomic E-state index is 11.3. The van der Waals surface area contributed by atoms with Crippen molar-refractivity contribution in [2.45, 2.75) is 9.79 Å². The lowest BCUT2D eigenvalue weighted by Gasteiger charge is -2.09. The summed E-state index contributed by atoms with van der Waals surface area (Å²) in [6.45, 7) is 0. The van der Waals surface area contributed by atoms with Gasteiger partial charge >= 0.3 is 0 Å². The zero-order valence-electron chi connectivity index (χ0n) is 9.68. The van der Waals surface area contributed by atoms with Gasteiger partial charge < -0.3 is 10.8 Å². The summed E-state index contributed by atoms with van der Waals surface area (Å²) in [7, 11) is -9.27. The van der Waals surface area contributed by atoms with E-state index in [2.05, 4.69) is 0 Å². The Hall–Kier alpha value is -1.88. The van der Waals surface area contributed by atoms with Crippen LogP contribution in [0.1, 0.15) is 0 Å². The number of phenolic OH excluding ortho intramolecular Hbond substituents is 1. The van der Waals surface area contributed by atoms with E-state index in [9.17, 15) is 21.9 Å². The fraction of sp³-hybridized carbons (Fsp3) is 0. The second kappa shape index (κ2) is 4.31. The highest BCUT2D eigenvalue weighted by Gasteiger charge is 2.21. The van der Waals surface area contributed by atoms with Crippen molar-refractivity contribution >= 4 is 36.7 Å². The van der Waals surface area contributed by atoms with E-state index in [4.69, 9.17) is 14.8 Å². The van der Waals surface area contributed by atoms with Crippen LogP contribution in [0, 0.1) is 0 Å². The van der Waals surface area contributed by atoms with Crippen LogP contribution in [-0.4, -0.2) is 31.0 Å². The van der Waals surface area contributed by atoms with Crippen LogP contribution in [0.3, 0.4) is 0 Å².